The zero-order chi connectivity index (χ0) is 13.4. The van der Waals surface area contributed by atoms with Crippen molar-refractivity contribution in [2.24, 2.45) is 0 Å². The van der Waals surface area contributed by atoms with Crippen LogP contribution >= 0.6 is 10.7 Å². The molecular weight excluding hydrogens is 287 g/mol. The highest BCUT2D eigenvalue weighted by atomic mass is 35.7. The summed E-state index contributed by atoms with van der Waals surface area (Å²) in [5.41, 5.74) is -0.191. The molecule has 0 saturated carbocycles. The van der Waals surface area contributed by atoms with Crippen molar-refractivity contribution in [1.29, 1.82) is 0 Å². The summed E-state index contributed by atoms with van der Waals surface area (Å²) in [7, 11) is 0.408. The fourth-order valence-electron chi connectivity index (χ4n) is 0.982. The predicted octanol–water partition coefficient (Wildman–Crippen LogP) is 1.92. The fraction of sp³-hybridized carbons (Fsp3) is 0.286. The van der Waals surface area contributed by atoms with E-state index in [1.165, 1.54) is 0 Å². The molecule has 0 aromatic carbocycles. The summed E-state index contributed by atoms with van der Waals surface area (Å²) in [5.74, 6) is -2.33. The van der Waals surface area contributed by atoms with Crippen LogP contribution in [0.4, 0.5) is 13.2 Å². The lowest BCUT2D eigenvalue weighted by molar-refractivity contribution is -0.275. The lowest BCUT2D eigenvalue weighted by Crippen LogP contribution is -2.18. The van der Waals surface area contributed by atoms with E-state index in [0.717, 1.165) is 13.1 Å². The SMILES string of the molecule is Cc1cnc(S(=O)(=O)Cl)c(O)c1OC(F)(F)F. The van der Waals surface area contributed by atoms with Gasteiger partial charge in [-0.25, -0.2) is 13.4 Å². The number of hydrogen-bond acceptors (Lipinski definition) is 5. The van der Waals surface area contributed by atoms with Gasteiger partial charge in [-0.05, 0) is 6.92 Å². The number of aryl methyl sites for hydroxylation is 1. The van der Waals surface area contributed by atoms with Crippen molar-refractivity contribution in [2.45, 2.75) is 18.3 Å². The number of aromatic hydroxyl groups is 1. The van der Waals surface area contributed by atoms with Crippen LogP contribution in [0.3, 0.4) is 0 Å². The van der Waals surface area contributed by atoms with E-state index in [1.807, 2.05) is 0 Å². The van der Waals surface area contributed by atoms with Gasteiger partial charge in [0, 0.05) is 22.4 Å². The summed E-state index contributed by atoms with van der Waals surface area (Å²) < 4.78 is 61.2. The molecule has 0 aliphatic rings. The molecule has 0 fully saturated rings. The van der Waals surface area contributed by atoms with Crippen LogP contribution < -0.4 is 4.74 Å². The summed E-state index contributed by atoms with van der Waals surface area (Å²) in [6.07, 6.45) is -4.28. The molecule has 17 heavy (non-hydrogen) atoms. The van der Waals surface area contributed by atoms with Gasteiger partial charge in [-0.15, -0.1) is 13.2 Å². The first kappa shape index (κ1) is 13.8. The molecule has 96 valence electrons. The molecule has 0 radical (unpaired) electrons. The van der Waals surface area contributed by atoms with Gasteiger partial charge in [0.2, 0.25) is 5.03 Å². The minimum absolute atomic E-state index is 0.191. The number of hydrogen-bond donors (Lipinski definition) is 1. The molecular formula is C7H5ClF3NO4S. The molecule has 0 saturated heterocycles. The van der Waals surface area contributed by atoms with Gasteiger partial charge in [-0.1, -0.05) is 0 Å². The number of alkyl halides is 3. The Labute approximate surface area is 98.2 Å². The average Bonchev–Trinajstić information content (AvgIpc) is 2.08. The maximum atomic E-state index is 12.0. The summed E-state index contributed by atoms with van der Waals surface area (Å²) in [6, 6.07) is 0. The second-order valence-corrected chi connectivity index (χ2v) is 5.39. The molecule has 5 nitrogen and oxygen atoms in total. The average molecular weight is 292 g/mol. The predicted molar refractivity (Wildman–Crippen MR) is 50.4 cm³/mol. The third-order valence-corrected chi connectivity index (χ3v) is 2.80. The lowest BCUT2D eigenvalue weighted by Gasteiger charge is -2.13. The second-order valence-electron chi connectivity index (χ2n) is 2.91. The number of nitrogens with zero attached hydrogens (tertiary/aromatic N) is 1. The Bertz CT molecular complexity index is 543. The number of ether oxygens (including phenoxy) is 1. The van der Waals surface area contributed by atoms with Crippen LogP contribution in [0.1, 0.15) is 5.56 Å². The zero-order valence-electron chi connectivity index (χ0n) is 8.12. The summed E-state index contributed by atoms with van der Waals surface area (Å²) in [4.78, 5) is 3.22. The van der Waals surface area contributed by atoms with Gasteiger partial charge < -0.3 is 9.84 Å². The molecule has 0 amide bonds. The topological polar surface area (TPSA) is 76.5 Å². The number of rotatable bonds is 2. The lowest BCUT2D eigenvalue weighted by atomic mass is 10.3. The summed E-state index contributed by atoms with van der Waals surface area (Å²) in [5, 5.41) is 8.22. The van der Waals surface area contributed by atoms with Crippen LogP contribution in [-0.2, 0) is 9.05 Å². The van der Waals surface area contributed by atoms with Gasteiger partial charge in [-0.2, -0.15) is 0 Å². The number of aromatic nitrogens is 1. The highest BCUT2D eigenvalue weighted by Gasteiger charge is 2.35. The second kappa shape index (κ2) is 4.22. The van der Waals surface area contributed by atoms with Gasteiger partial charge in [-0.3, -0.25) is 0 Å². The van der Waals surface area contributed by atoms with Gasteiger partial charge in [0.05, 0.1) is 0 Å². The van der Waals surface area contributed by atoms with Crippen molar-refractivity contribution in [2.75, 3.05) is 0 Å². The molecule has 0 atom stereocenters. The maximum absolute atomic E-state index is 12.0. The van der Waals surface area contributed by atoms with Crippen molar-refractivity contribution >= 4 is 19.7 Å². The van der Waals surface area contributed by atoms with Crippen LogP contribution in [-0.4, -0.2) is 24.9 Å². The zero-order valence-corrected chi connectivity index (χ0v) is 9.69. The van der Waals surface area contributed by atoms with E-state index < -0.39 is 31.9 Å². The molecule has 1 heterocycles. The van der Waals surface area contributed by atoms with E-state index in [-0.39, 0.29) is 5.56 Å². The Balaban J connectivity index is 3.41. The highest BCUT2D eigenvalue weighted by molar-refractivity contribution is 8.13. The van der Waals surface area contributed by atoms with Crippen LogP contribution in [0.15, 0.2) is 11.2 Å². The van der Waals surface area contributed by atoms with Crippen LogP contribution in [0, 0.1) is 6.92 Å². The molecule has 1 rings (SSSR count). The van der Waals surface area contributed by atoms with E-state index in [0.29, 0.717) is 0 Å². The minimum atomic E-state index is -5.07. The van der Waals surface area contributed by atoms with Crippen molar-refractivity contribution < 1.29 is 31.4 Å². The Morgan fingerprint density at radius 2 is 2.00 bits per heavy atom. The quantitative estimate of drug-likeness (QED) is 0.843. The number of pyridine rings is 1. The Kier molecular flexibility index (Phi) is 3.44. The molecule has 0 aliphatic heterocycles. The van der Waals surface area contributed by atoms with Crippen molar-refractivity contribution in [3.05, 3.63) is 11.8 Å². The third-order valence-electron chi connectivity index (χ3n) is 1.60. The maximum Gasteiger partial charge on any atom is 0.573 e. The summed E-state index contributed by atoms with van der Waals surface area (Å²) in [6.45, 7) is 1.15. The van der Waals surface area contributed by atoms with Crippen LogP contribution in [0.2, 0.25) is 0 Å². The van der Waals surface area contributed by atoms with Gasteiger partial charge in [0.1, 0.15) is 0 Å². The molecule has 0 spiro atoms. The Morgan fingerprint density at radius 3 is 2.41 bits per heavy atom. The third kappa shape index (κ3) is 3.37. The molecule has 0 bridgehead atoms. The van der Waals surface area contributed by atoms with Crippen LogP contribution in [0.5, 0.6) is 11.5 Å². The number of halogens is 4. The summed E-state index contributed by atoms with van der Waals surface area (Å²) >= 11 is 0. The van der Waals surface area contributed by atoms with E-state index in [2.05, 4.69) is 9.72 Å². The fourth-order valence-corrected chi connectivity index (χ4v) is 1.82. The monoisotopic (exact) mass is 291 g/mol. The van der Waals surface area contributed by atoms with E-state index in [4.69, 9.17) is 10.7 Å². The molecule has 0 aliphatic carbocycles. The normalized spacial score (nSPS) is 12.5. The first-order valence-corrected chi connectivity index (χ1v) is 6.22. The van der Waals surface area contributed by atoms with Crippen molar-refractivity contribution in [3.8, 4) is 11.5 Å². The Morgan fingerprint density at radius 1 is 1.47 bits per heavy atom. The van der Waals surface area contributed by atoms with Crippen LogP contribution in [0.25, 0.3) is 0 Å². The van der Waals surface area contributed by atoms with Gasteiger partial charge in [0.25, 0.3) is 9.05 Å². The van der Waals surface area contributed by atoms with E-state index in [1.54, 1.807) is 0 Å². The van der Waals surface area contributed by atoms with Gasteiger partial charge in [0.15, 0.2) is 11.5 Å². The molecule has 10 heteroatoms. The molecule has 1 N–H and O–H groups in total. The molecule has 1 aromatic heterocycles. The first-order valence-electron chi connectivity index (χ1n) is 3.91. The largest absolute Gasteiger partial charge is 0.573 e. The highest BCUT2D eigenvalue weighted by Crippen LogP contribution is 2.38. The van der Waals surface area contributed by atoms with E-state index in [9.17, 15) is 26.7 Å². The van der Waals surface area contributed by atoms with Crippen molar-refractivity contribution in [1.82, 2.24) is 4.98 Å². The minimum Gasteiger partial charge on any atom is -0.502 e. The smallest absolute Gasteiger partial charge is 0.502 e. The van der Waals surface area contributed by atoms with Crippen molar-refractivity contribution in [3.63, 3.8) is 0 Å². The standard InChI is InChI=1S/C7H5ClF3NO4S/c1-3-2-12-6(17(8,14)15)4(13)5(3)16-7(9,10)11/h2,13H,1H3. The Hall–Kier alpha value is -1.22. The van der Waals surface area contributed by atoms with Gasteiger partial charge >= 0.3 is 6.36 Å². The molecule has 1 aromatic rings. The molecule has 0 unspecified atom stereocenters. The first-order chi connectivity index (χ1) is 7.52. The van der Waals surface area contributed by atoms with E-state index >= 15 is 0 Å².